The number of carbonyl (C=O) groups is 1. The molecule has 2 N–H and O–H groups in total. The maximum absolute atomic E-state index is 13.2. The highest BCUT2D eigenvalue weighted by Crippen LogP contribution is 2.27. The highest BCUT2D eigenvalue weighted by molar-refractivity contribution is 5.94. The van der Waals surface area contributed by atoms with E-state index in [0.717, 1.165) is 35.0 Å². The molecule has 5 heteroatoms. The molecule has 0 atom stereocenters. The molecule has 0 fully saturated rings. The van der Waals surface area contributed by atoms with Crippen molar-refractivity contribution in [1.82, 2.24) is 0 Å². The zero-order chi connectivity index (χ0) is 17.6. The third-order valence-electron chi connectivity index (χ3n) is 3.60. The minimum absolute atomic E-state index is 0.0258. The maximum Gasteiger partial charge on any atom is 0.243 e. The van der Waals surface area contributed by atoms with E-state index in [-0.39, 0.29) is 12.2 Å². The summed E-state index contributed by atoms with van der Waals surface area (Å²) in [5.74, 6) is -1.87. The Bertz CT molecular complexity index is 862. The molecule has 0 aliphatic heterocycles. The van der Waals surface area contributed by atoms with Crippen LogP contribution in [0.2, 0.25) is 0 Å². The van der Waals surface area contributed by atoms with Gasteiger partial charge in [-0.25, -0.2) is 8.78 Å². The fourth-order valence-corrected chi connectivity index (χ4v) is 2.51. The molecule has 0 aromatic heterocycles. The minimum Gasteiger partial charge on any atom is -0.376 e. The van der Waals surface area contributed by atoms with E-state index >= 15 is 0 Å². The van der Waals surface area contributed by atoms with Gasteiger partial charge in [-0.3, -0.25) is 4.79 Å². The van der Waals surface area contributed by atoms with Gasteiger partial charge in [0.05, 0.1) is 6.54 Å². The molecule has 3 rings (SSSR count). The molecule has 0 aliphatic carbocycles. The van der Waals surface area contributed by atoms with Gasteiger partial charge in [0.1, 0.15) is 11.6 Å². The Labute approximate surface area is 144 Å². The van der Waals surface area contributed by atoms with Crippen LogP contribution in [-0.2, 0) is 4.79 Å². The number of hydrogen-bond donors (Lipinski definition) is 2. The van der Waals surface area contributed by atoms with Crippen LogP contribution in [0.5, 0.6) is 0 Å². The average molecular weight is 338 g/mol. The fourth-order valence-electron chi connectivity index (χ4n) is 2.51. The lowest BCUT2D eigenvalue weighted by Gasteiger charge is -2.12. The summed E-state index contributed by atoms with van der Waals surface area (Å²) in [4.78, 5) is 12.0. The third kappa shape index (κ3) is 4.41. The standard InChI is InChI=1S/C20H16F2N2O/c21-15-10-16(22)12-17(11-15)24-20(25)13-23-19-9-5-4-8-18(19)14-6-2-1-3-7-14/h1-12,23H,13H2,(H,24,25). The largest absolute Gasteiger partial charge is 0.376 e. The highest BCUT2D eigenvalue weighted by atomic mass is 19.1. The predicted molar refractivity (Wildman–Crippen MR) is 95.4 cm³/mol. The molecule has 0 saturated heterocycles. The Morgan fingerprint density at radius 3 is 2.20 bits per heavy atom. The first kappa shape index (κ1) is 16.6. The van der Waals surface area contributed by atoms with Crippen LogP contribution in [-0.4, -0.2) is 12.5 Å². The van der Waals surface area contributed by atoms with Crippen LogP contribution >= 0.6 is 0 Å². The Morgan fingerprint density at radius 1 is 0.840 bits per heavy atom. The number of nitrogens with one attached hydrogen (secondary N) is 2. The molecule has 0 spiro atoms. The van der Waals surface area contributed by atoms with Gasteiger partial charge >= 0.3 is 0 Å². The topological polar surface area (TPSA) is 41.1 Å². The van der Waals surface area contributed by atoms with E-state index in [1.807, 2.05) is 54.6 Å². The van der Waals surface area contributed by atoms with Gasteiger partial charge in [-0.1, -0.05) is 48.5 Å². The Morgan fingerprint density at radius 2 is 1.48 bits per heavy atom. The van der Waals surface area contributed by atoms with Gasteiger partial charge in [0.15, 0.2) is 0 Å². The van der Waals surface area contributed by atoms with Crippen molar-refractivity contribution in [1.29, 1.82) is 0 Å². The number of hydrogen-bond acceptors (Lipinski definition) is 2. The second-order valence-corrected chi connectivity index (χ2v) is 5.47. The summed E-state index contributed by atoms with van der Waals surface area (Å²) in [6.07, 6.45) is 0. The lowest BCUT2D eigenvalue weighted by Crippen LogP contribution is -2.22. The smallest absolute Gasteiger partial charge is 0.243 e. The zero-order valence-corrected chi connectivity index (χ0v) is 13.3. The number of para-hydroxylation sites is 1. The second-order valence-electron chi connectivity index (χ2n) is 5.47. The van der Waals surface area contributed by atoms with Gasteiger partial charge in [0.25, 0.3) is 0 Å². The van der Waals surface area contributed by atoms with Crippen molar-refractivity contribution in [3.63, 3.8) is 0 Å². The molecule has 3 aromatic carbocycles. The number of halogens is 2. The summed E-state index contributed by atoms with van der Waals surface area (Å²) in [5, 5.41) is 5.53. The quantitative estimate of drug-likeness (QED) is 0.709. The second kappa shape index (κ2) is 7.57. The highest BCUT2D eigenvalue weighted by Gasteiger charge is 2.08. The first-order valence-corrected chi connectivity index (χ1v) is 7.76. The van der Waals surface area contributed by atoms with Gasteiger partial charge in [0.2, 0.25) is 5.91 Å². The first-order chi connectivity index (χ1) is 12.1. The molecular weight excluding hydrogens is 322 g/mol. The Hall–Kier alpha value is -3.21. The molecule has 0 saturated carbocycles. The molecule has 3 nitrogen and oxygen atoms in total. The molecule has 0 radical (unpaired) electrons. The van der Waals surface area contributed by atoms with Gasteiger partial charge in [-0.15, -0.1) is 0 Å². The van der Waals surface area contributed by atoms with Gasteiger partial charge in [0, 0.05) is 23.0 Å². The molecule has 0 unspecified atom stereocenters. The summed E-state index contributed by atoms with van der Waals surface area (Å²) in [7, 11) is 0. The van der Waals surface area contributed by atoms with Crippen LogP contribution in [0.25, 0.3) is 11.1 Å². The van der Waals surface area contributed by atoms with Crippen LogP contribution in [0, 0.1) is 11.6 Å². The average Bonchev–Trinajstić information content (AvgIpc) is 2.60. The van der Waals surface area contributed by atoms with Crippen LogP contribution < -0.4 is 10.6 Å². The van der Waals surface area contributed by atoms with E-state index in [2.05, 4.69) is 10.6 Å². The summed E-state index contributed by atoms with van der Waals surface area (Å²) < 4.78 is 26.3. The molecule has 3 aromatic rings. The molecule has 1 amide bonds. The normalized spacial score (nSPS) is 10.3. The van der Waals surface area contributed by atoms with Crippen LogP contribution in [0.3, 0.4) is 0 Å². The molecule has 0 heterocycles. The third-order valence-corrected chi connectivity index (χ3v) is 3.60. The first-order valence-electron chi connectivity index (χ1n) is 7.76. The molecule has 126 valence electrons. The zero-order valence-electron chi connectivity index (χ0n) is 13.3. The van der Waals surface area contributed by atoms with E-state index in [4.69, 9.17) is 0 Å². The van der Waals surface area contributed by atoms with Gasteiger partial charge in [-0.05, 0) is 23.8 Å². The summed E-state index contributed by atoms with van der Waals surface area (Å²) in [5.41, 5.74) is 2.88. The summed E-state index contributed by atoms with van der Waals surface area (Å²) >= 11 is 0. The number of rotatable bonds is 5. The van der Waals surface area contributed by atoms with E-state index in [0.29, 0.717) is 0 Å². The monoisotopic (exact) mass is 338 g/mol. The van der Waals surface area contributed by atoms with Gasteiger partial charge in [-0.2, -0.15) is 0 Å². The van der Waals surface area contributed by atoms with Crippen molar-refractivity contribution in [2.24, 2.45) is 0 Å². The Balaban J connectivity index is 1.69. The van der Waals surface area contributed by atoms with E-state index in [1.54, 1.807) is 0 Å². The van der Waals surface area contributed by atoms with Crippen LogP contribution in [0.1, 0.15) is 0 Å². The van der Waals surface area contributed by atoms with Crippen molar-refractivity contribution in [2.75, 3.05) is 17.2 Å². The van der Waals surface area contributed by atoms with Crippen LogP contribution in [0.4, 0.5) is 20.2 Å². The number of benzene rings is 3. The van der Waals surface area contributed by atoms with Crippen molar-refractivity contribution >= 4 is 17.3 Å². The predicted octanol–water partition coefficient (Wildman–Crippen LogP) is 4.68. The fraction of sp³-hybridized carbons (Fsp3) is 0.0500. The number of amides is 1. The SMILES string of the molecule is O=C(CNc1ccccc1-c1ccccc1)Nc1cc(F)cc(F)c1. The number of carbonyl (C=O) groups excluding carboxylic acids is 1. The summed E-state index contributed by atoms with van der Waals surface area (Å²) in [6, 6.07) is 20.3. The maximum atomic E-state index is 13.2. The van der Waals surface area contributed by atoms with Gasteiger partial charge < -0.3 is 10.6 Å². The van der Waals surface area contributed by atoms with E-state index in [9.17, 15) is 13.6 Å². The van der Waals surface area contributed by atoms with E-state index < -0.39 is 17.5 Å². The lowest BCUT2D eigenvalue weighted by molar-refractivity contribution is -0.114. The molecular formula is C20H16F2N2O. The Kier molecular flexibility index (Phi) is 5.04. The van der Waals surface area contributed by atoms with Crippen LogP contribution in [0.15, 0.2) is 72.8 Å². The van der Waals surface area contributed by atoms with Crippen molar-refractivity contribution in [3.8, 4) is 11.1 Å². The molecule has 0 aliphatic rings. The molecule has 0 bridgehead atoms. The minimum atomic E-state index is -0.738. The summed E-state index contributed by atoms with van der Waals surface area (Å²) in [6.45, 7) is -0.0258. The van der Waals surface area contributed by atoms with Crippen molar-refractivity contribution < 1.29 is 13.6 Å². The van der Waals surface area contributed by atoms with Crippen molar-refractivity contribution in [3.05, 3.63) is 84.4 Å². The van der Waals surface area contributed by atoms with E-state index in [1.165, 1.54) is 0 Å². The lowest BCUT2D eigenvalue weighted by atomic mass is 10.0. The molecule has 25 heavy (non-hydrogen) atoms. The van der Waals surface area contributed by atoms with Crippen molar-refractivity contribution in [2.45, 2.75) is 0 Å². The number of anilines is 2.